The minimum absolute atomic E-state index is 0.316. The van der Waals surface area contributed by atoms with Crippen LogP contribution in [0.5, 0.6) is 5.75 Å². The molecule has 0 N–H and O–H groups in total. The summed E-state index contributed by atoms with van der Waals surface area (Å²) in [5.41, 5.74) is 4.76. The minimum atomic E-state index is 0.316. The fourth-order valence-electron chi connectivity index (χ4n) is 3.86. The number of aliphatic imine (C=N–C) groups is 1. The van der Waals surface area contributed by atoms with Gasteiger partial charge in [0.2, 0.25) is 0 Å². The smallest absolute Gasteiger partial charge is 0.126 e. The number of para-hydroxylation sites is 1. The van der Waals surface area contributed by atoms with Gasteiger partial charge in [-0.15, -0.1) is 0 Å². The number of rotatable bonds is 7. The molecule has 1 saturated heterocycles. The second-order valence-corrected chi connectivity index (χ2v) is 8.30. The van der Waals surface area contributed by atoms with Gasteiger partial charge < -0.3 is 9.64 Å². The average Bonchev–Trinajstić information content (AvgIpc) is 3.30. The molecule has 0 spiro atoms. The molecule has 3 rings (SSSR count). The van der Waals surface area contributed by atoms with Gasteiger partial charge in [0.15, 0.2) is 0 Å². The maximum absolute atomic E-state index is 7.32. The van der Waals surface area contributed by atoms with Gasteiger partial charge in [-0.2, -0.15) is 5.26 Å². The van der Waals surface area contributed by atoms with Crippen molar-refractivity contribution >= 4 is 17.3 Å². The van der Waals surface area contributed by atoms with Gasteiger partial charge in [-0.05, 0) is 68.0 Å². The van der Waals surface area contributed by atoms with Gasteiger partial charge in [0.1, 0.15) is 5.75 Å². The number of ether oxygens (including phenoxy) is 1. The highest BCUT2D eigenvalue weighted by Gasteiger charge is 2.27. The highest BCUT2D eigenvalue weighted by Crippen LogP contribution is 2.27. The molecular weight excluding hydrogens is 466 g/mol. The van der Waals surface area contributed by atoms with Crippen molar-refractivity contribution in [3.63, 3.8) is 0 Å². The largest absolute Gasteiger partial charge is 0.463 e. The number of allylic oxidation sites excluding steroid dienone is 2. The fourth-order valence-corrected chi connectivity index (χ4v) is 4.11. The summed E-state index contributed by atoms with van der Waals surface area (Å²) >= 11 is 6.24. The van der Waals surface area contributed by atoms with Crippen molar-refractivity contribution < 1.29 is 4.74 Å². The van der Waals surface area contributed by atoms with E-state index in [0.717, 1.165) is 42.3 Å². The third-order valence-corrected chi connectivity index (χ3v) is 5.72. The third kappa shape index (κ3) is 11.1. The lowest BCUT2D eigenvalue weighted by molar-refractivity contribution is 0.343. The van der Waals surface area contributed by atoms with E-state index in [0.29, 0.717) is 11.8 Å². The summed E-state index contributed by atoms with van der Waals surface area (Å²) in [6.07, 6.45) is 4.29. The van der Waals surface area contributed by atoms with Crippen LogP contribution in [-0.4, -0.2) is 30.2 Å². The van der Waals surface area contributed by atoms with E-state index in [2.05, 4.69) is 49.0 Å². The molecule has 0 amide bonds. The first-order valence-corrected chi connectivity index (χ1v) is 13.1. The number of nitriles is 1. The molecule has 1 unspecified atom stereocenters. The van der Waals surface area contributed by atoms with E-state index < -0.39 is 0 Å². The van der Waals surface area contributed by atoms with E-state index in [1.54, 1.807) is 6.07 Å². The number of hydrogen-bond acceptors (Lipinski definition) is 4. The number of hydrogen-bond donors (Lipinski definition) is 0. The Labute approximate surface area is 225 Å². The first kappa shape index (κ1) is 33.0. The SMILES string of the molecule is C=C(C)Oc1ccccc1.C=C1CCCN1C(CC)C(=NC)c1ccc(Cl)c(CC)c1.CC.CC#N. The monoisotopic (exact) mass is 509 g/mol. The first-order chi connectivity index (χ1) is 17.3. The van der Waals surface area contributed by atoms with Gasteiger partial charge in [0.05, 0.1) is 23.6 Å². The van der Waals surface area contributed by atoms with Gasteiger partial charge in [-0.1, -0.05) is 76.7 Å². The maximum Gasteiger partial charge on any atom is 0.126 e. The Bertz CT molecular complexity index is 993. The van der Waals surface area contributed by atoms with E-state index >= 15 is 0 Å². The maximum atomic E-state index is 7.32. The molecule has 2 aromatic rings. The molecule has 0 saturated carbocycles. The summed E-state index contributed by atoms with van der Waals surface area (Å²) < 4.78 is 5.22. The lowest BCUT2D eigenvalue weighted by Gasteiger charge is -2.31. The van der Waals surface area contributed by atoms with Crippen LogP contribution in [0.4, 0.5) is 0 Å². The summed E-state index contributed by atoms with van der Waals surface area (Å²) in [5.74, 6) is 1.56. The zero-order chi connectivity index (χ0) is 27.5. The van der Waals surface area contributed by atoms with Crippen LogP contribution in [0.1, 0.15) is 71.9 Å². The van der Waals surface area contributed by atoms with Crippen LogP contribution in [-0.2, 0) is 6.42 Å². The van der Waals surface area contributed by atoms with Crippen molar-refractivity contribution in [3.8, 4) is 11.8 Å². The van der Waals surface area contributed by atoms with Crippen molar-refractivity contribution in [2.45, 2.75) is 73.3 Å². The molecule has 1 heterocycles. The number of nitrogens with zero attached hydrogens (tertiary/aromatic N) is 3. The van der Waals surface area contributed by atoms with Crippen molar-refractivity contribution in [1.29, 1.82) is 5.26 Å². The number of likely N-dealkylation sites (tertiary alicyclic amines) is 1. The van der Waals surface area contributed by atoms with Gasteiger partial charge in [0.25, 0.3) is 0 Å². The lowest BCUT2D eigenvalue weighted by atomic mass is 9.97. The van der Waals surface area contributed by atoms with E-state index in [-0.39, 0.29) is 0 Å². The fraction of sp³-hybridized carbons (Fsp3) is 0.419. The van der Waals surface area contributed by atoms with Crippen molar-refractivity contribution in [2.24, 2.45) is 4.99 Å². The highest BCUT2D eigenvalue weighted by molar-refractivity contribution is 6.31. The van der Waals surface area contributed by atoms with Crippen LogP contribution in [0, 0.1) is 11.3 Å². The summed E-state index contributed by atoms with van der Waals surface area (Å²) in [6, 6.07) is 17.9. The zero-order valence-corrected chi connectivity index (χ0v) is 24.0. The van der Waals surface area contributed by atoms with E-state index in [4.69, 9.17) is 21.6 Å². The van der Waals surface area contributed by atoms with Crippen molar-refractivity contribution in [3.05, 3.63) is 89.3 Å². The predicted octanol–water partition coefficient (Wildman–Crippen LogP) is 8.86. The Kier molecular flexibility index (Phi) is 17.6. The highest BCUT2D eigenvalue weighted by atomic mass is 35.5. The molecule has 0 aliphatic carbocycles. The van der Waals surface area contributed by atoms with Gasteiger partial charge >= 0.3 is 0 Å². The number of benzene rings is 2. The second-order valence-electron chi connectivity index (χ2n) is 7.90. The Morgan fingerprint density at radius 3 is 2.25 bits per heavy atom. The summed E-state index contributed by atoms with van der Waals surface area (Å²) in [7, 11) is 1.89. The standard InChI is InChI=1S/C18H25ClN2.C9H10O.C2H3N.C2H6/c1-5-14-12-15(9-10-16(14)19)18(20-4)17(6-2)21-11-7-8-13(21)3;1-8(2)10-9-6-4-3-5-7-9;1-2-3;1-2/h9-10,12,17H,3,5-8,11H2,1-2,4H3;3-7H,1H2,2H3;1H3;1-2H3. The van der Waals surface area contributed by atoms with Crippen molar-refractivity contribution in [1.82, 2.24) is 4.90 Å². The molecule has 2 aromatic carbocycles. The normalized spacial score (nSPS) is 13.0. The number of aryl methyl sites for hydroxylation is 1. The molecule has 0 radical (unpaired) electrons. The molecule has 1 aliphatic heterocycles. The van der Waals surface area contributed by atoms with Gasteiger partial charge in [-0.25, -0.2) is 0 Å². The molecule has 1 atom stereocenters. The Morgan fingerprint density at radius 2 is 1.81 bits per heavy atom. The molecule has 5 heteroatoms. The van der Waals surface area contributed by atoms with Crippen molar-refractivity contribution in [2.75, 3.05) is 13.6 Å². The van der Waals surface area contributed by atoms with Crippen LogP contribution >= 0.6 is 11.6 Å². The molecule has 0 aromatic heterocycles. The van der Waals surface area contributed by atoms with E-state index in [1.165, 1.54) is 30.2 Å². The molecular formula is C31H44ClN3O. The summed E-state index contributed by atoms with van der Waals surface area (Å²) in [4.78, 5) is 7.02. The first-order valence-electron chi connectivity index (χ1n) is 12.7. The predicted molar refractivity (Wildman–Crippen MR) is 157 cm³/mol. The summed E-state index contributed by atoms with van der Waals surface area (Å²) in [6.45, 7) is 20.5. The van der Waals surface area contributed by atoms with Gasteiger partial charge in [-0.3, -0.25) is 4.99 Å². The third-order valence-electron chi connectivity index (χ3n) is 5.35. The summed E-state index contributed by atoms with van der Waals surface area (Å²) in [5, 5.41) is 8.16. The lowest BCUT2D eigenvalue weighted by Crippen LogP contribution is -2.38. The molecule has 36 heavy (non-hydrogen) atoms. The molecule has 1 fully saturated rings. The molecule has 0 bridgehead atoms. The van der Waals surface area contributed by atoms with Crippen LogP contribution in [0.25, 0.3) is 0 Å². The Hall–Kier alpha value is -3.03. The quantitative estimate of drug-likeness (QED) is 0.276. The second kappa shape index (κ2) is 19.2. The zero-order valence-electron chi connectivity index (χ0n) is 23.3. The topological polar surface area (TPSA) is 48.6 Å². The van der Waals surface area contributed by atoms with Crippen LogP contribution in [0.15, 0.2) is 78.1 Å². The van der Waals surface area contributed by atoms with E-state index in [9.17, 15) is 0 Å². The Morgan fingerprint density at radius 1 is 1.19 bits per heavy atom. The van der Waals surface area contributed by atoms with E-state index in [1.807, 2.05) is 64.2 Å². The van der Waals surface area contributed by atoms with Crippen LogP contribution in [0.3, 0.4) is 0 Å². The van der Waals surface area contributed by atoms with Crippen LogP contribution < -0.4 is 4.74 Å². The molecule has 196 valence electrons. The minimum Gasteiger partial charge on any atom is -0.463 e. The average molecular weight is 510 g/mol. The van der Waals surface area contributed by atoms with Gasteiger partial charge in [0, 0.05) is 31.2 Å². The number of halogens is 1. The van der Waals surface area contributed by atoms with Crippen LogP contribution in [0.2, 0.25) is 5.02 Å². The Balaban J connectivity index is 0.000000679. The molecule has 1 aliphatic rings. The molecule has 4 nitrogen and oxygen atoms in total.